The number of carbonyl (C=O) groups is 2. The zero-order chi connectivity index (χ0) is 18.0. The fourth-order valence-electron chi connectivity index (χ4n) is 1.91. The van der Waals surface area contributed by atoms with Gasteiger partial charge in [-0.2, -0.15) is 0 Å². The Hall–Kier alpha value is -3.10. The topological polar surface area (TPSA) is 75.6 Å². The Kier molecular flexibility index (Phi) is 4.72. The van der Waals surface area contributed by atoms with Crippen molar-refractivity contribution in [2.45, 2.75) is 0 Å². The highest BCUT2D eigenvalue weighted by Gasteiger charge is 2.32. The molecular formula is C15H9F4NO4. The van der Waals surface area contributed by atoms with Crippen molar-refractivity contribution in [3.8, 4) is 5.75 Å². The van der Waals surface area contributed by atoms with E-state index in [9.17, 15) is 27.2 Å². The van der Waals surface area contributed by atoms with Gasteiger partial charge < -0.3 is 15.2 Å². The first-order valence-electron chi connectivity index (χ1n) is 6.32. The number of benzene rings is 2. The van der Waals surface area contributed by atoms with Gasteiger partial charge in [-0.1, -0.05) is 0 Å². The second-order valence-corrected chi connectivity index (χ2v) is 4.49. The molecule has 0 bridgehead atoms. The van der Waals surface area contributed by atoms with Crippen LogP contribution in [-0.4, -0.2) is 24.1 Å². The van der Waals surface area contributed by atoms with E-state index in [0.29, 0.717) is 5.75 Å². The maximum atomic E-state index is 13.8. The molecule has 24 heavy (non-hydrogen) atoms. The summed E-state index contributed by atoms with van der Waals surface area (Å²) in [5, 5.41) is 10.9. The number of ether oxygens (including phenoxy) is 1. The second kappa shape index (κ2) is 6.57. The lowest BCUT2D eigenvalue weighted by Gasteiger charge is -2.11. The maximum absolute atomic E-state index is 13.8. The summed E-state index contributed by atoms with van der Waals surface area (Å²) in [6.45, 7) is 0. The van der Waals surface area contributed by atoms with E-state index in [1.165, 1.54) is 31.4 Å². The molecule has 0 fully saturated rings. The molecule has 2 aromatic carbocycles. The van der Waals surface area contributed by atoms with Crippen molar-refractivity contribution < 1.29 is 37.0 Å². The van der Waals surface area contributed by atoms with Crippen molar-refractivity contribution in [2.24, 2.45) is 0 Å². The van der Waals surface area contributed by atoms with Gasteiger partial charge in [0.15, 0.2) is 23.3 Å². The Bertz CT molecular complexity index is 821. The first-order valence-corrected chi connectivity index (χ1v) is 6.32. The van der Waals surface area contributed by atoms with E-state index in [0.717, 1.165) is 0 Å². The molecule has 0 aromatic heterocycles. The lowest BCUT2D eigenvalue weighted by molar-refractivity contribution is 0.0684. The van der Waals surface area contributed by atoms with Crippen LogP contribution in [0.15, 0.2) is 24.3 Å². The molecule has 2 aromatic rings. The van der Waals surface area contributed by atoms with Crippen LogP contribution in [0.5, 0.6) is 5.75 Å². The van der Waals surface area contributed by atoms with Crippen molar-refractivity contribution in [1.82, 2.24) is 0 Å². The molecule has 5 nitrogen and oxygen atoms in total. The first-order chi connectivity index (χ1) is 11.3. The number of hydrogen-bond acceptors (Lipinski definition) is 3. The Labute approximate surface area is 132 Å². The molecule has 0 radical (unpaired) electrons. The molecular weight excluding hydrogens is 334 g/mol. The van der Waals surface area contributed by atoms with Gasteiger partial charge in [-0.3, -0.25) is 4.79 Å². The van der Waals surface area contributed by atoms with Crippen molar-refractivity contribution in [3.63, 3.8) is 0 Å². The fourth-order valence-corrected chi connectivity index (χ4v) is 1.91. The van der Waals surface area contributed by atoms with E-state index < -0.39 is 46.3 Å². The third-order valence-electron chi connectivity index (χ3n) is 3.06. The molecule has 0 saturated heterocycles. The zero-order valence-corrected chi connectivity index (χ0v) is 12.0. The summed E-state index contributed by atoms with van der Waals surface area (Å²) in [7, 11) is 1.40. The molecule has 9 heteroatoms. The minimum atomic E-state index is -2.31. The van der Waals surface area contributed by atoms with E-state index >= 15 is 0 Å². The number of anilines is 1. The Morgan fingerprint density at radius 3 is 1.88 bits per heavy atom. The van der Waals surface area contributed by atoms with Gasteiger partial charge in [-0.15, -0.1) is 0 Å². The van der Waals surface area contributed by atoms with Gasteiger partial charge in [0.1, 0.15) is 11.3 Å². The van der Waals surface area contributed by atoms with Gasteiger partial charge in [-0.05, 0) is 24.3 Å². The predicted octanol–water partition coefficient (Wildman–Crippen LogP) is 3.20. The average molecular weight is 343 g/mol. The largest absolute Gasteiger partial charge is 0.497 e. The Balaban J connectivity index is 2.50. The van der Waals surface area contributed by atoms with Gasteiger partial charge in [0.25, 0.3) is 5.91 Å². The van der Waals surface area contributed by atoms with Gasteiger partial charge >= 0.3 is 5.97 Å². The number of carboxylic acids is 1. The molecule has 0 aliphatic rings. The van der Waals surface area contributed by atoms with Crippen molar-refractivity contribution in [3.05, 3.63) is 58.7 Å². The van der Waals surface area contributed by atoms with Crippen LogP contribution in [0.1, 0.15) is 20.7 Å². The molecule has 126 valence electrons. The predicted molar refractivity (Wildman–Crippen MR) is 74.2 cm³/mol. The molecule has 1 amide bonds. The van der Waals surface area contributed by atoms with E-state index in [4.69, 9.17) is 9.84 Å². The van der Waals surface area contributed by atoms with Crippen LogP contribution in [0.25, 0.3) is 0 Å². The van der Waals surface area contributed by atoms with E-state index in [-0.39, 0.29) is 5.69 Å². The van der Waals surface area contributed by atoms with Crippen LogP contribution >= 0.6 is 0 Å². The number of methoxy groups -OCH3 is 1. The van der Waals surface area contributed by atoms with Crippen LogP contribution in [0, 0.1) is 23.3 Å². The summed E-state index contributed by atoms with van der Waals surface area (Å²) in [5.41, 5.74) is -2.98. The molecule has 0 heterocycles. The first kappa shape index (κ1) is 17.3. The number of aromatic carboxylic acids is 1. The normalized spacial score (nSPS) is 10.4. The summed E-state index contributed by atoms with van der Waals surface area (Å²) in [6, 6.07) is 5.50. The van der Waals surface area contributed by atoms with Crippen molar-refractivity contribution >= 4 is 17.6 Å². The maximum Gasteiger partial charge on any atom is 0.339 e. The van der Waals surface area contributed by atoms with E-state index in [2.05, 4.69) is 5.32 Å². The quantitative estimate of drug-likeness (QED) is 0.508. The highest BCUT2D eigenvalue weighted by atomic mass is 19.2. The van der Waals surface area contributed by atoms with Crippen LogP contribution < -0.4 is 10.1 Å². The van der Waals surface area contributed by atoms with Crippen LogP contribution in [-0.2, 0) is 0 Å². The van der Waals surface area contributed by atoms with Crippen LogP contribution in [0.2, 0.25) is 0 Å². The van der Waals surface area contributed by atoms with E-state index in [1.807, 2.05) is 0 Å². The highest BCUT2D eigenvalue weighted by Crippen LogP contribution is 2.25. The van der Waals surface area contributed by atoms with Gasteiger partial charge in [-0.25, -0.2) is 22.4 Å². The van der Waals surface area contributed by atoms with E-state index in [1.54, 1.807) is 0 Å². The summed E-state index contributed by atoms with van der Waals surface area (Å²) >= 11 is 0. The summed E-state index contributed by atoms with van der Waals surface area (Å²) in [4.78, 5) is 23.0. The molecule has 0 saturated carbocycles. The van der Waals surface area contributed by atoms with Gasteiger partial charge in [0, 0.05) is 5.69 Å². The molecule has 2 rings (SSSR count). The molecule has 0 aliphatic heterocycles. The highest BCUT2D eigenvalue weighted by molar-refractivity contribution is 6.11. The minimum absolute atomic E-state index is 0.0710. The molecule has 2 N–H and O–H groups in total. The van der Waals surface area contributed by atoms with Crippen LogP contribution in [0.3, 0.4) is 0 Å². The van der Waals surface area contributed by atoms with Gasteiger partial charge in [0.05, 0.1) is 12.7 Å². The Morgan fingerprint density at radius 2 is 1.42 bits per heavy atom. The number of amides is 1. The SMILES string of the molecule is COc1ccc(NC(=O)c2c(F)c(F)c(F)c(F)c2C(=O)O)cc1. The number of halogens is 4. The summed E-state index contributed by atoms with van der Waals surface area (Å²) in [6.07, 6.45) is 0. The number of carboxylic acid groups (broad SMARTS) is 1. The average Bonchev–Trinajstić information content (AvgIpc) is 2.56. The molecule has 0 spiro atoms. The lowest BCUT2D eigenvalue weighted by atomic mass is 10.0. The Morgan fingerprint density at radius 1 is 0.917 bits per heavy atom. The standard InChI is InChI=1S/C15H9F4NO4/c1-24-7-4-2-6(3-5-7)20-14(21)8-9(15(22)23)11(17)13(19)12(18)10(8)16/h2-5H,1H3,(H,20,21)(H,22,23). The molecule has 0 aliphatic carbocycles. The van der Waals surface area contributed by atoms with Crippen molar-refractivity contribution in [1.29, 1.82) is 0 Å². The molecule has 0 unspecified atom stereocenters. The minimum Gasteiger partial charge on any atom is -0.497 e. The lowest BCUT2D eigenvalue weighted by Crippen LogP contribution is -2.22. The number of hydrogen-bond donors (Lipinski definition) is 2. The summed E-state index contributed by atoms with van der Waals surface area (Å²) in [5.74, 6) is -12.0. The third-order valence-corrected chi connectivity index (χ3v) is 3.06. The second-order valence-electron chi connectivity index (χ2n) is 4.49. The monoisotopic (exact) mass is 343 g/mol. The van der Waals surface area contributed by atoms with Gasteiger partial charge in [0.2, 0.25) is 0 Å². The fraction of sp³-hybridized carbons (Fsp3) is 0.0667. The smallest absolute Gasteiger partial charge is 0.339 e. The van der Waals surface area contributed by atoms with Crippen LogP contribution in [0.4, 0.5) is 23.2 Å². The number of rotatable bonds is 4. The third kappa shape index (κ3) is 3.00. The number of carbonyl (C=O) groups excluding carboxylic acids is 1. The number of nitrogens with one attached hydrogen (secondary N) is 1. The van der Waals surface area contributed by atoms with Crippen molar-refractivity contribution in [2.75, 3.05) is 12.4 Å². The summed E-state index contributed by atoms with van der Waals surface area (Å²) < 4.78 is 58.8. The molecule has 0 atom stereocenters. The zero-order valence-electron chi connectivity index (χ0n) is 12.0.